The molecule has 0 bridgehead atoms. The molecule has 1 fully saturated rings. The van der Waals surface area contributed by atoms with Gasteiger partial charge in [0.25, 0.3) is 0 Å². The molecule has 0 spiro atoms. The minimum atomic E-state index is -6.35. The Balaban J connectivity index is 2.91. The molecule has 0 aromatic carbocycles. The molecule has 7 nitrogen and oxygen atoms in total. The molecule has 0 unspecified atom stereocenters. The number of hydrogen-bond donors (Lipinski definition) is 0. The molecule has 2 aliphatic heterocycles. The van der Waals surface area contributed by atoms with Crippen LogP contribution >= 0.6 is 0 Å². The highest BCUT2D eigenvalue weighted by atomic mass is 28.4. The van der Waals surface area contributed by atoms with Gasteiger partial charge in [0, 0.05) is 73.5 Å². The molecule has 0 aromatic rings. The summed E-state index contributed by atoms with van der Waals surface area (Å²) in [5.74, 6) is -0.894. The molecule has 2 rings (SSSR count). The summed E-state index contributed by atoms with van der Waals surface area (Å²) in [5.41, 5.74) is -0.105. The zero-order chi connectivity index (χ0) is 73.4. The van der Waals surface area contributed by atoms with Crippen molar-refractivity contribution in [2.24, 2.45) is 0 Å². The monoisotopic (exact) mass is 921 g/mol. The second kappa shape index (κ2) is 27.1. The van der Waals surface area contributed by atoms with Gasteiger partial charge in [-0.15, -0.1) is 0 Å². The third-order valence-corrected chi connectivity index (χ3v) is 13.1. The zero-order valence-electron chi connectivity index (χ0n) is 70.7. The Kier molecular flexibility index (Phi) is 9.74. The Hall–Kier alpha value is -0.122. The normalized spacial score (nSPS) is 33.4. The van der Waals surface area contributed by atoms with Crippen molar-refractivity contribution in [3.63, 3.8) is 0 Å². The highest BCUT2D eigenvalue weighted by Crippen LogP contribution is 2.34. The van der Waals surface area contributed by atoms with Gasteiger partial charge in [-0.25, -0.2) is 4.79 Å². The highest BCUT2D eigenvalue weighted by Gasteiger charge is 2.40. The van der Waals surface area contributed by atoms with Gasteiger partial charge in [-0.3, -0.25) is 0 Å². The third kappa shape index (κ3) is 26.4. The minimum Gasteiger partial charge on any atom is -0.455 e. The van der Waals surface area contributed by atoms with Crippen LogP contribution in [0.3, 0.4) is 0 Å². The van der Waals surface area contributed by atoms with E-state index < -0.39 is 185 Å². The van der Waals surface area contributed by atoms with Gasteiger partial charge in [0.1, 0.15) is 6.10 Å². The van der Waals surface area contributed by atoms with E-state index in [1.807, 2.05) is 0 Å². The molecule has 1 saturated heterocycles. The number of cyclic esters (lactones) is 1. The van der Waals surface area contributed by atoms with Crippen LogP contribution in [-0.4, -0.2) is 82.0 Å². The van der Waals surface area contributed by atoms with Crippen molar-refractivity contribution in [2.75, 3.05) is 0 Å². The molecule has 0 saturated carbocycles. The van der Waals surface area contributed by atoms with E-state index in [1.165, 1.54) is 13.0 Å². The second-order valence-electron chi connectivity index (χ2n) is 16.2. The summed E-state index contributed by atoms with van der Waals surface area (Å²) in [6, 6.07) is 0. The average Bonchev–Trinajstić information content (AvgIpc) is 0.821. The predicted molar refractivity (Wildman–Crippen MR) is 257 cm³/mol. The molecule has 0 aromatic heterocycles. The van der Waals surface area contributed by atoms with Gasteiger partial charge < -0.3 is 27.2 Å². The molecule has 0 amide bonds. The molecule has 2 aliphatic rings. The van der Waals surface area contributed by atoms with Gasteiger partial charge in [-0.2, -0.15) is 0 Å². The van der Waals surface area contributed by atoms with Crippen LogP contribution in [0.15, 0.2) is 11.6 Å². The first-order valence-electron chi connectivity index (χ1n) is 39.3. The van der Waals surface area contributed by atoms with Crippen molar-refractivity contribution >= 4 is 39.2 Å². The minimum absolute atomic E-state index is 0.105. The van der Waals surface area contributed by atoms with Gasteiger partial charge in [0.2, 0.25) is 0 Å². The Morgan fingerprint density at radius 1 is 0.569 bits per heavy atom. The van der Waals surface area contributed by atoms with Crippen molar-refractivity contribution in [3.8, 4) is 0 Å². The van der Waals surface area contributed by atoms with E-state index in [2.05, 4.69) is 6.92 Å². The SMILES string of the molecule is [2H]C([2H])([2H])[Si](O[C@H](CCCCC[C@H](CC1=C[C@H](C)OC1=O)O[Si](C([2H])([2H])[2H])(C([2H])([2H])[2H])C([2H])([2H])[2H])CC[C@@H](O[Si](C([2H])([2H])[2H])(C([2H])([2H])[2H])C([2H])([2H])[2H])[C@H]1CC[C@@H]([C@H](CCCCCCCCCCCCCC)O[Si](C([2H])([2H])[2H])(C([2H])([2H])[2H])C([2H])([2H])[2H])O1)(C([2H])([2H])[2H])C([2H])([2H])[2H]. The van der Waals surface area contributed by atoms with E-state index in [-0.39, 0.29) is 56.9 Å². The molecule has 58 heavy (non-hydrogen) atoms. The number of ether oxygens (including phenoxy) is 2. The summed E-state index contributed by atoms with van der Waals surface area (Å²) >= 11 is 0. The Morgan fingerprint density at radius 2 is 0.983 bits per heavy atom. The fraction of sp³-hybridized carbons (Fsp3) is 0.936. The lowest BCUT2D eigenvalue weighted by Crippen LogP contribution is -2.42. The van der Waals surface area contributed by atoms with Crippen molar-refractivity contribution in [1.29, 1.82) is 0 Å². The molecular formula is C47H96O7Si4. The maximum atomic E-state index is 12.8. The van der Waals surface area contributed by atoms with Crippen LogP contribution in [0.2, 0.25) is 77.7 Å². The molecule has 0 N–H and O–H groups in total. The van der Waals surface area contributed by atoms with Crippen LogP contribution in [-0.2, 0) is 32.0 Å². The van der Waals surface area contributed by atoms with Crippen molar-refractivity contribution in [2.45, 2.75) is 282 Å². The van der Waals surface area contributed by atoms with E-state index in [0.717, 1.165) is 57.8 Å². The van der Waals surface area contributed by atoms with Crippen LogP contribution in [0.25, 0.3) is 0 Å². The first-order valence-corrected chi connectivity index (χ1v) is 29.0. The molecule has 2 heterocycles. The lowest BCUT2D eigenvalue weighted by atomic mass is 9.98. The number of hydrogen-bond acceptors (Lipinski definition) is 7. The van der Waals surface area contributed by atoms with Gasteiger partial charge in [0.15, 0.2) is 33.3 Å². The van der Waals surface area contributed by atoms with Crippen LogP contribution in [0.4, 0.5) is 0 Å². The van der Waals surface area contributed by atoms with Crippen molar-refractivity contribution < 1.29 is 81.3 Å². The van der Waals surface area contributed by atoms with E-state index in [4.69, 9.17) is 76.5 Å². The van der Waals surface area contributed by atoms with E-state index in [0.29, 0.717) is 12.8 Å². The summed E-state index contributed by atoms with van der Waals surface area (Å²) in [6.45, 7) is -42.3. The van der Waals surface area contributed by atoms with Crippen LogP contribution in [0.1, 0.15) is 211 Å². The smallest absolute Gasteiger partial charge is 0.334 e. The van der Waals surface area contributed by atoms with E-state index in [9.17, 15) is 4.79 Å². The highest BCUT2D eigenvalue weighted by molar-refractivity contribution is 6.70. The summed E-state index contributed by atoms with van der Waals surface area (Å²) in [7, 11) is -24.6. The van der Waals surface area contributed by atoms with E-state index in [1.54, 1.807) is 0 Å². The molecule has 7 atom stereocenters. The Labute approximate surface area is 414 Å². The summed E-state index contributed by atoms with van der Waals surface area (Å²) < 4.78 is 338. The molecule has 0 aliphatic carbocycles. The maximum absolute atomic E-state index is 12.8. The van der Waals surface area contributed by atoms with Crippen LogP contribution < -0.4 is 0 Å². The third-order valence-electron chi connectivity index (χ3n) is 10.4. The number of unbranched alkanes of at least 4 members (excludes halogenated alkanes) is 13. The number of rotatable bonds is 34. The van der Waals surface area contributed by atoms with Gasteiger partial charge in [0.05, 0.1) is 24.4 Å². The standard InChI is InChI=1S/C47H96O7Si4/c1-15-16-17-18-19-20-21-22-23-24-25-29-32-45(53-57(9,10)11)43-35-36-44(50-43)46(54-58(12,13)14)34-33-41(51-55(3,4)5)30-27-26-28-31-42(52-56(6,7)8)38-40-37-39(2)49-47(40)48/h37,39,41-46H,15-36,38H2,1-14H3/t39-,41+,42+,43-,44+,45-,46+/m0/s1/i3D3,4D3,5D3,6D3,7D3,8D3,9D3,10D3,11D3,12D3,13D3,14D3. The maximum Gasteiger partial charge on any atom is 0.334 e. The van der Waals surface area contributed by atoms with Crippen LogP contribution in [0.5, 0.6) is 0 Å². The molecule has 0 radical (unpaired) electrons. The van der Waals surface area contributed by atoms with Crippen molar-refractivity contribution in [1.82, 2.24) is 0 Å². The second-order valence-corrected chi connectivity index (χ2v) is 22.6. The first kappa shape index (κ1) is 20.8. The fourth-order valence-corrected chi connectivity index (χ4v) is 10.7. The summed E-state index contributed by atoms with van der Waals surface area (Å²) in [6.07, 6.45) is -3.76. The topological polar surface area (TPSA) is 72.5 Å². The molecule has 11 heteroatoms. The predicted octanol–water partition coefficient (Wildman–Crippen LogP) is 14.5. The van der Waals surface area contributed by atoms with E-state index >= 15 is 0 Å². The molecular weight excluding hydrogens is 789 g/mol. The number of carbonyl (C=O) groups is 1. The lowest BCUT2D eigenvalue weighted by molar-refractivity contribution is -0.139. The lowest BCUT2D eigenvalue weighted by Gasteiger charge is -2.34. The first-order chi connectivity index (χ1) is 42.0. The average molecular weight is 922 g/mol. The fourth-order valence-electron chi connectivity index (χ4n) is 7.78. The molecule has 342 valence electrons. The summed E-state index contributed by atoms with van der Waals surface area (Å²) in [5, 5.41) is 0. The Morgan fingerprint density at radius 3 is 1.47 bits per heavy atom. The number of esters is 1. The van der Waals surface area contributed by atoms with Gasteiger partial charge in [-0.05, 0) is 136 Å². The van der Waals surface area contributed by atoms with Gasteiger partial charge in [-0.1, -0.05) is 103 Å². The summed E-state index contributed by atoms with van der Waals surface area (Å²) in [4.78, 5) is 12.8. The number of carbonyl (C=O) groups excluding carboxylic acids is 1. The largest absolute Gasteiger partial charge is 0.455 e. The van der Waals surface area contributed by atoms with Gasteiger partial charge >= 0.3 is 5.97 Å². The Bertz CT molecular complexity index is 2210. The quantitative estimate of drug-likeness (QED) is 0.0362. The van der Waals surface area contributed by atoms with Crippen molar-refractivity contribution in [3.05, 3.63) is 11.6 Å². The van der Waals surface area contributed by atoms with Crippen LogP contribution in [0, 0.1) is 0 Å². The zero-order valence-corrected chi connectivity index (χ0v) is 38.7.